The topological polar surface area (TPSA) is 118 Å². The number of amides is 3. The van der Waals surface area contributed by atoms with E-state index in [1.165, 1.54) is 24.3 Å². The lowest BCUT2D eigenvalue weighted by Gasteiger charge is -2.29. The van der Waals surface area contributed by atoms with Crippen molar-refractivity contribution in [1.29, 1.82) is 0 Å². The summed E-state index contributed by atoms with van der Waals surface area (Å²) in [5.41, 5.74) is -0.189. The fourth-order valence-corrected chi connectivity index (χ4v) is 5.04. The number of primary sulfonamides is 1. The van der Waals surface area contributed by atoms with E-state index in [0.717, 1.165) is 12.1 Å². The van der Waals surface area contributed by atoms with Crippen molar-refractivity contribution in [3.8, 4) is 11.1 Å². The van der Waals surface area contributed by atoms with Crippen molar-refractivity contribution >= 4 is 22.0 Å². The van der Waals surface area contributed by atoms with Crippen molar-refractivity contribution in [2.75, 3.05) is 0 Å². The van der Waals surface area contributed by atoms with Crippen molar-refractivity contribution in [3.05, 3.63) is 53.6 Å². The van der Waals surface area contributed by atoms with Crippen molar-refractivity contribution < 1.29 is 26.8 Å². The lowest BCUT2D eigenvalue weighted by atomic mass is 9.81. The predicted octanol–water partition coefficient (Wildman–Crippen LogP) is 2.20. The van der Waals surface area contributed by atoms with Gasteiger partial charge in [-0.2, -0.15) is 0 Å². The molecule has 10 heteroatoms. The van der Waals surface area contributed by atoms with Crippen LogP contribution in [0.2, 0.25) is 0 Å². The van der Waals surface area contributed by atoms with Gasteiger partial charge in [0.05, 0.1) is 4.90 Å². The highest BCUT2D eigenvalue weighted by Gasteiger charge is 2.54. The van der Waals surface area contributed by atoms with Crippen LogP contribution in [0.3, 0.4) is 0 Å². The second-order valence-corrected chi connectivity index (χ2v) is 9.22. The van der Waals surface area contributed by atoms with Gasteiger partial charge in [-0.15, -0.1) is 0 Å². The Balaban J connectivity index is 1.81. The quantitative estimate of drug-likeness (QED) is 0.638. The second-order valence-electron chi connectivity index (χ2n) is 7.66. The summed E-state index contributed by atoms with van der Waals surface area (Å²) < 4.78 is 51.6. The first-order valence-electron chi connectivity index (χ1n) is 9.35. The maximum absolute atomic E-state index is 14.5. The number of carbonyl (C=O) groups excluding carboxylic acids is 2. The van der Waals surface area contributed by atoms with Crippen LogP contribution in [0.15, 0.2) is 41.3 Å². The van der Waals surface area contributed by atoms with Gasteiger partial charge in [0.15, 0.2) is 0 Å². The summed E-state index contributed by atoms with van der Waals surface area (Å²) in [6.07, 6.45) is 1.94. The molecule has 1 aliphatic heterocycles. The van der Waals surface area contributed by atoms with E-state index >= 15 is 0 Å². The number of rotatable bonds is 4. The summed E-state index contributed by atoms with van der Waals surface area (Å²) in [4.78, 5) is 24.1. The summed E-state index contributed by atoms with van der Waals surface area (Å²) in [6.45, 7) is 0. The zero-order chi connectivity index (χ0) is 21.7. The molecule has 1 saturated heterocycles. The molecule has 0 aromatic heterocycles. The molecule has 2 unspecified atom stereocenters. The molecular formula is C20H19F2N3O4S. The van der Waals surface area contributed by atoms with E-state index in [1.807, 2.05) is 0 Å². The van der Waals surface area contributed by atoms with Gasteiger partial charge in [0.2, 0.25) is 10.0 Å². The molecule has 1 spiro atoms. The van der Waals surface area contributed by atoms with Crippen molar-refractivity contribution in [2.45, 2.75) is 36.1 Å². The highest BCUT2D eigenvalue weighted by Crippen LogP contribution is 2.41. The molecule has 2 atom stereocenters. The Bertz CT molecular complexity index is 1170. The molecule has 0 radical (unpaired) electrons. The molecule has 4 N–H and O–H groups in total. The van der Waals surface area contributed by atoms with Gasteiger partial charge >= 0.3 is 6.03 Å². The van der Waals surface area contributed by atoms with Crippen molar-refractivity contribution in [1.82, 2.24) is 10.6 Å². The van der Waals surface area contributed by atoms with Gasteiger partial charge in [-0.05, 0) is 60.6 Å². The molecule has 7 nitrogen and oxygen atoms in total. The summed E-state index contributed by atoms with van der Waals surface area (Å²) in [5, 5.41) is 10.2. The third-order valence-electron chi connectivity index (χ3n) is 5.88. The third kappa shape index (κ3) is 3.46. The number of nitrogens with two attached hydrogens (primary N) is 1. The maximum Gasteiger partial charge on any atom is 0.322 e. The molecule has 0 bridgehead atoms. The van der Waals surface area contributed by atoms with Crippen molar-refractivity contribution in [3.63, 3.8) is 0 Å². The first kappa shape index (κ1) is 20.4. The van der Waals surface area contributed by atoms with Crippen LogP contribution in [0.5, 0.6) is 0 Å². The van der Waals surface area contributed by atoms with Crippen LogP contribution in [0.4, 0.5) is 13.6 Å². The molecule has 1 heterocycles. The van der Waals surface area contributed by atoms with Crippen molar-refractivity contribution in [2.24, 2.45) is 11.1 Å². The number of halogens is 2. The predicted molar refractivity (Wildman–Crippen MR) is 104 cm³/mol. The minimum atomic E-state index is -4.02. The number of imide groups is 1. The number of hydrogen-bond donors (Lipinski definition) is 3. The smallest absolute Gasteiger partial charge is 0.322 e. The Morgan fingerprint density at radius 3 is 2.47 bits per heavy atom. The van der Waals surface area contributed by atoms with Crippen LogP contribution in [-0.2, 0) is 21.2 Å². The first-order valence-corrected chi connectivity index (χ1v) is 10.9. The molecule has 2 aliphatic rings. The minimum Gasteiger partial charge on any atom is -0.323 e. The molecule has 4 rings (SSSR count). The van der Waals surface area contributed by atoms with Crippen LogP contribution < -0.4 is 15.8 Å². The van der Waals surface area contributed by atoms with Gasteiger partial charge in [0.1, 0.15) is 17.2 Å². The Morgan fingerprint density at radius 2 is 1.83 bits per heavy atom. The van der Waals surface area contributed by atoms with E-state index in [4.69, 9.17) is 5.14 Å². The Morgan fingerprint density at radius 1 is 1.10 bits per heavy atom. The molecule has 2 aromatic carbocycles. The zero-order valence-electron chi connectivity index (χ0n) is 15.7. The van der Waals surface area contributed by atoms with Crippen LogP contribution in [0.1, 0.15) is 24.8 Å². The number of carbonyl (C=O) groups is 2. The fraction of sp³-hybridized carbons (Fsp3) is 0.300. The lowest BCUT2D eigenvalue weighted by molar-refractivity contribution is -0.125. The molecule has 1 saturated carbocycles. The first-order chi connectivity index (χ1) is 14.1. The Hall–Kier alpha value is -2.85. The van der Waals surface area contributed by atoms with Crippen LogP contribution in [0.25, 0.3) is 11.1 Å². The van der Waals surface area contributed by atoms with E-state index < -0.39 is 39.1 Å². The molecule has 158 valence electrons. The number of urea groups is 1. The summed E-state index contributed by atoms with van der Waals surface area (Å²) >= 11 is 0. The summed E-state index contributed by atoms with van der Waals surface area (Å²) in [7, 11) is -4.02. The number of benzene rings is 2. The van der Waals surface area contributed by atoms with E-state index in [0.29, 0.717) is 30.4 Å². The average Bonchev–Trinajstić information content (AvgIpc) is 3.17. The molecule has 30 heavy (non-hydrogen) atoms. The summed E-state index contributed by atoms with van der Waals surface area (Å²) in [6, 6.07) is 6.57. The molecule has 1 aliphatic carbocycles. The van der Waals surface area contributed by atoms with Gasteiger partial charge in [0, 0.05) is 11.6 Å². The standard InChI is InChI=1S/C20H19F2N3O4S/c21-13-3-5-16(17(22)10-13)15-6-4-14(30(23,28)29)9-11(15)8-12-2-1-7-20(12)18(26)24-19(27)25-20/h3-6,9-10,12H,1-2,7-8H2,(H2,23,28,29)(H2,24,25,26,27). The van der Waals surface area contributed by atoms with Gasteiger partial charge in [-0.1, -0.05) is 12.5 Å². The number of nitrogens with one attached hydrogen (secondary N) is 2. The van der Waals surface area contributed by atoms with E-state index in [2.05, 4.69) is 10.6 Å². The number of hydrogen-bond acceptors (Lipinski definition) is 4. The van der Waals surface area contributed by atoms with Crippen LogP contribution in [-0.4, -0.2) is 25.9 Å². The average molecular weight is 435 g/mol. The molecule has 3 amide bonds. The highest BCUT2D eigenvalue weighted by atomic mass is 32.2. The van der Waals surface area contributed by atoms with Crippen LogP contribution in [0, 0.1) is 17.6 Å². The monoisotopic (exact) mass is 435 g/mol. The maximum atomic E-state index is 14.5. The van der Waals surface area contributed by atoms with E-state index in [-0.39, 0.29) is 22.8 Å². The zero-order valence-corrected chi connectivity index (χ0v) is 16.6. The Labute approximate surface area is 171 Å². The highest BCUT2D eigenvalue weighted by molar-refractivity contribution is 7.89. The van der Waals surface area contributed by atoms with Gasteiger partial charge in [-0.25, -0.2) is 27.1 Å². The lowest BCUT2D eigenvalue weighted by Crippen LogP contribution is -2.50. The summed E-state index contributed by atoms with van der Waals surface area (Å²) in [5.74, 6) is -2.29. The SMILES string of the molecule is NS(=O)(=O)c1ccc(-c2ccc(F)cc2F)c(CC2CCCC23NC(=O)NC3=O)c1. The fourth-order valence-electron chi connectivity index (χ4n) is 4.47. The minimum absolute atomic E-state index is 0.0966. The van der Waals surface area contributed by atoms with E-state index in [1.54, 1.807) is 0 Å². The molecule has 2 aromatic rings. The third-order valence-corrected chi connectivity index (χ3v) is 6.79. The largest absolute Gasteiger partial charge is 0.323 e. The molecular weight excluding hydrogens is 416 g/mol. The molecule has 2 fully saturated rings. The van der Waals surface area contributed by atoms with Gasteiger partial charge < -0.3 is 5.32 Å². The normalized spacial score (nSPS) is 23.6. The Kier molecular flexibility index (Phi) is 4.86. The number of sulfonamides is 1. The van der Waals surface area contributed by atoms with Gasteiger partial charge in [-0.3, -0.25) is 10.1 Å². The van der Waals surface area contributed by atoms with Gasteiger partial charge in [0.25, 0.3) is 5.91 Å². The van der Waals surface area contributed by atoms with E-state index in [9.17, 15) is 26.8 Å². The van der Waals surface area contributed by atoms with Crippen LogP contribution >= 0.6 is 0 Å². The second kappa shape index (κ2) is 7.13.